The molecule has 0 saturated carbocycles. The molecule has 0 radical (unpaired) electrons. The summed E-state index contributed by atoms with van der Waals surface area (Å²) in [7, 11) is 1.97. The predicted molar refractivity (Wildman–Crippen MR) is 83.9 cm³/mol. The molecule has 0 aliphatic rings. The van der Waals surface area contributed by atoms with E-state index < -0.39 is 0 Å². The number of aromatic nitrogens is 1. The highest BCUT2D eigenvalue weighted by Crippen LogP contribution is 2.28. The summed E-state index contributed by atoms with van der Waals surface area (Å²) >= 11 is 3.63. The second-order valence-electron chi connectivity index (χ2n) is 4.35. The summed E-state index contributed by atoms with van der Waals surface area (Å²) in [6.07, 6.45) is 1.84. The molecule has 1 N–H and O–H groups in total. The highest BCUT2D eigenvalue weighted by molar-refractivity contribution is 9.10. The van der Waals surface area contributed by atoms with Crippen molar-refractivity contribution in [3.05, 3.63) is 40.5 Å². The second kappa shape index (κ2) is 6.70. The first kappa shape index (κ1) is 14.0. The molecule has 0 bridgehead atoms. The van der Waals surface area contributed by atoms with Gasteiger partial charge < -0.3 is 5.32 Å². The van der Waals surface area contributed by atoms with Crippen LogP contribution in [0.3, 0.4) is 0 Å². The molecule has 0 aliphatic carbocycles. The summed E-state index contributed by atoms with van der Waals surface area (Å²) in [6, 6.07) is 10.5. The third-order valence-electron chi connectivity index (χ3n) is 3.12. The molecule has 2 aromatic rings. The number of benzene rings is 1. The van der Waals surface area contributed by atoms with E-state index in [1.54, 1.807) is 0 Å². The van der Waals surface area contributed by atoms with Gasteiger partial charge in [0.05, 0.1) is 17.3 Å². The number of nitrogens with one attached hydrogen (secondary N) is 1. The zero-order valence-electron chi connectivity index (χ0n) is 11.2. The van der Waals surface area contributed by atoms with E-state index >= 15 is 0 Å². The maximum atomic E-state index is 4.77. The van der Waals surface area contributed by atoms with Crippen LogP contribution in [0.15, 0.2) is 34.8 Å². The molecule has 1 aromatic heterocycles. The van der Waals surface area contributed by atoms with Gasteiger partial charge in [0.25, 0.3) is 0 Å². The molecule has 1 unspecified atom stereocenters. The summed E-state index contributed by atoms with van der Waals surface area (Å²) in [5.41, 5.74) is 2.08. The minimum Gasteiger partial charge on any atom is -0.312 e. The fraction of sp³-hybridized carbons (Fsp3) is 0.312. The smallest absolute Gasteiger partial charge is 0.0722 e. The Morgan fingerprint density at radius 2 is 2.16 bits per heavy atom. The molecule has 98 valence electrons. The monoisotopic (exact) mass is 316 g/mol. The molecule has 2 rings (SSSR count). The van der Waals surface area contributed by atoms with E-state index in [1.807, 2.05) is 32.2 Å². The van der Waals surface area contributed by atoms with E-state index in [1.165, 1.54) is 0 Å². The van der Waals surface area contributed by atoms with Crippen LogP contribution in [0.25, 0.3) is 10.9 Å². The molecule has 0 aliphatic heterocycles. The van der Waals surface area contributed by atoms with Crippen molar-refractivity contribution in [1.82, 2.24) is 10.3 Å². The quantitative estimate of drug-likeness (QED) is 0.860. The topological polar surface area (TPSA) is 24.9 Å². The van der Waals surface area contributed by atoms with Crippen molar-refractivity contribution >= 4 is 26.8 Å². The predicted octanol–water partition coefficient (Wildman–Crippen LogP) is 4.06. The molecular formula is C16H17BrN2. The van der Waals surface area contributed by atoms with E-state index in [-0.39, 0.29) is 6.04 Å². The van der Waals surface area contributed by atoms with Gasteiger partial charge in [-0.15, -0.1) is 11.8 Å². The SMILES string of the molecule is CC#CCCC(NC)c1nc2ccccc2cc1Br. The summed E-state index contributed by atoms with van der Waals surface area (Å²) in [5, 5.41) is 4.48. The molecule has 1 atom stereocenters. The molecular weight excluding hydrogens is 300 g/mol. The Morgan fingerprint density at radius 1 is 1.37 bits per heavy atom. The van der Waals surface area contributed by atoms with Crippen LogP contribution >= 0.6 is 15.9 Å². The Labute approximate surface area is 122 Å². The van der Waals surface area contributed by atoms with Crippen molar-refractivity contribution in [1.29, 1.82) is 0 Å². The highest BCUT2D eigenvalue weighted by atomic mass is 79.9. The van der Waals surface area contributed by atoms with Crippen LogP contribution in [0.4, 0.5) is 0 Å². The van der Waals surface area contributed by atoms with E-state index in [9.17, 15) is 0 Å². The summed E-state index contributed by atoms with van der Waals surface area (Å²) in [6.45, 7) is 1.87. The van der Waals surface area contributed by atoms with Crippen LogP contribution in [0, 0.1) is 11.8 Å². The number of halogens is 1. The van der Waals surface area contributed by atoms with Crippen molar-refractivity contribution in [3.8, 4) is 11.8 Å². The largest absolute Gasteiger partial charge is 0.312 e. The average Bonchev–Trinajstić information content (AvgIpc) is 2.43. The van der Waals surface area contributed by atoms with E-state index in [0.717, 1.165) is 33.9 Å². The molecule has 0 spiro atoms. The van der Waals surface area contributed by atoms with Crippen molar-refractivity contribution in [2.24, 2.45) is 0 Å². The Kier molecular flexibility index (Phi) is 4.95. The molecule has 19 heavy (non-hydrogen) atoms. The highest BCUT2D eigenvalue weighted by Gasteiger charge is 2.14. The molecule has 0 fully saturated rings. The fourth-order valence-electron chi connectivity index (χ4n) is 2.11. The number of rotatable bonds is 4. The summed E-state index contributed by atoms with van der Waals surface area (Å²) < 4.78 is 1.05. The molecule has 0 amide bonds. The number of para-hydroxylation sites is 1. The Hall–Kier alpha value is -1.37. The van der Waals surface area contributed by atoms with Crippen molar-refractivity contribution in [2.45, 2.75) is 25.8 Å². The molecule has 0 saturated heterocycles. The number of hydrogen-bond acceptors (Lipinski definition) is 2. The van der Waals surface area contributed by atoms with Crippen LogP contribution < -0.4 is 5.32 Å². The summed E-state index contributed by atoms with van der Waals surface area (Å²) in [4.78, 5) is 4.77. The van der Waals surface area contributed by atoms with Crippen LogP contribution in [-0.4, -0.2) is 12.0 Å². The lowest BCUT2D eigenvalue weighted by Gasteiger charge is -2.16. The lowest BCUT2D eigenvalue weighted by Crippen LogP contribution is -2.18. The van der Waals surface area contributed by atoms with Crippen molar-refractivity contribution in [2.75, 3.05) is 7.05 Å². The van der Waals surface area contributed by atoms with Gasteiger partial charge in [-0.1, -0.05) is 18.2 Å². The van der Waals surface area contributed by atoms with Gasteiger partial charge in [-0.25, -0.2) is 4.98 Å². The number of fused-ring (bicyclic) bond motifs is 1. The third-order valence-corrected chi connectivity index (χ3v) is 3.75. The van der Waals surface area contributed by atoms with Gasteiger partial charge in [0, 0.05) is 16.3 Å². The van der Waals surface area contributed by atoms with Gasteiger partial charge in [0.15, 0.2) is 0 Å². The van der Waals surface area contributed by atoms with Gasteiger partial charge in [0.2, 0.25) is 0 Å². The van der Waals surface area contributed by atoms with Gasteiger partial charge in [-0.2, -0.15) is 0 Å². The number of nitrogens with zero attached hydrogens (tertiary/aromatic N) is 1. The van der Waals surface area contributed by atoms with E-state index in [0.29, 0.717) is 0 Å². The fourth-order valence-corrected chi connectivity index (χ4v) is 2.72. The maximum absolute atomic E-state index is 4.77. The van der Waals surface area contributed by atoms with Gasteiger partial charge in [0.1, 0.15) is 0 Å². The van der Waals surface area contributed by atoms with E-state index in [2.05, 4.69) is 45.2 Å². The summed E-state index contributed by atoms with van der Waals surface area (Å²) in [5.74, 6) is 6.04. The zero-order valence-corrected chi connectivity index (χ0v) is 12.8. The van der Waals surface area contributed by atoms with Crippen LogP contribution in [-0.2, 0) is 0 Å². The lowest BCUT2D eigenvalue weighted by molar-refractivity contribution is 0.543. The Bertz CT molecular complexity index is 625. The lowest BCUT2D eigenvalue weighted by atomic mass is 10.1. The first-order chi connectivity index (χ1) is 9.26. The number of pyridine rings is 1. The van der Waals surface area contributed by atoms with Gasteiger partial charge >= 0.3 is 0 Å². The van der Waals surface area contributed by atoms with Crippen LogP contribution in [0.5, 0.6) is 0 Å². The first-order valence-corrected chi connectivity index (χ1v) is 7.17. The Balaban J connectivity index is 2.35. The Morgan fingerprint density at radius 3 is 2.89 bits per heavy atom. The normalized spacial score (nSPS) is 11.9. The van der Waals surface area contributed by atoms with E-state index in [4.69, 9.17) is 4.98 Å². The van der Waals surface area contributed by atoms with Gasteiger partial charge in [-0.05, 0) is 48.5 Å². The number of hydrogen-bond donors (Lipinski definition) is 1. The minimum atomic E-state index is 0.222. The average molecular weight is 317 g/mol. The van der Waals surface area contributed by atoms with Crippen molar-refractivity contribution < 1.29 is 0 Å². The van der Waals surface area contributed by atoms with Gasteiger partial charge in [-0.3, -0.25) is 0 Å². The third kappa shape index (κ3) is 3.34. The molecule has 3 heteroatoms. The first-order valence-electron chi connectivity index (χ1n) is 6.38. The molecule has 2 nitrogen and oxygen atoms in total. The second-order valence-corrected chi connectivity index (χ2v) is 5.21. The van der Waals surface area contributed by atoms with Crippen molar-refractivity contribution in [3.63, 3.8) is 0 Å². The maximum Gasteiger partial charge on any atom is 0.0722 e. The molecule has 1 heterocycles. The van der Waals surface area contributed by atoms with Crippen LogP contribution in [0.1, 0.15) is 31.5 Å². The van der Waals surface area contributed by atoms with Crippen LogP contribution in [0.2, 0.25) is 0 Å². The minimum absolute atomic E-state index is 0.222. The molecule has 1 aromatic carbocycles. The standard InChI is InChI=1S/C16H17BrN2/c1-3-4-5-10-15(18-2)16-13(17)11-12-8-6-7-9-14(12)19-16/h6-9,11,15,18H,5,10H2,1-2H3. The zero-order chi connectivity index (χ0) is 13.7.